The smallest absolute Gasteiger partial charge is 0.397 e. The maximum absolute atomic E-state index is 14.1. The fourth-order valence-electron chi connectivity index (χ4n) is 1.34. The fourth-order valence-corrected chi connectivity index (χ4v) is 12.5. The van der Waals surface area contributed by atoms with Crippen molar-refractivity contribution >= 4 is 25.7 Å². The van der Waals surface area contributed by atoms with E-state index in [1.54, 1.807) is 20.8 Å². The number of hydrogen-bond donors (Lipinski definition) is 0. The maximum Gasteiger partial charge on any atom is 0.573 e. The van der Waals surface area contributed by atoms with Crippen molar-refractivity contribution in [1.29, 1.82) is 0 Å². The van der Waals surface area contributed by atoms with Crippen molar-refractivity contribution in [2.24, 2.45) is 0 Å². The van der Waals surface area contributed by atoms with Crippen molar-refractivity contribution in [3.63, 3.8) is 0 Å². The molecule has 7 heteroatoms. The summed E-state index contributed by atoms with van der Waals surface area (Å²) >= 11 is 0. The molecule has 0 aliphatic rings. The summed E-state index contributed by atoms with van der Waals surface area (Å²) in [7, 11) is -6.78. The fraction of sp³-hybridized carbons (Fsp3) is 1.00. The van der Waals surface area contributed by atoms with Gasteiger partial charge in [0.2, 0.25) is 0 Å². The predicted octanol–water partition coefficient (Wildman–Crippen LogP) is 4.15. The van der Waals surface area contributed by atoms with Crippen molar-refractivity contribution < 1.29 is 12.3 Å². The highest BCUT2D eigenvalue weighted by molar-refractivity contribution is 6.90. The molecule has 0 aromatic heterocycles. The van der Waals surface area contributed by atoms with Crippen LogP contribution < -0.4 is 0 Å². The predicted molar refractivity (Wildman–Crippen MR) is 77.4 cm³/mol. The van der Waals surface area contributed by atoms with E-state index in [0.29, 0.717) is 0 Å². The molecule has 0 amide bonds. The van der Waals surface area contributed by atoms with Crippen molar-refractivity contribution in [3.05, 3.63) is 0 Å². The van der Waals surface area contributed by atoms with E-state index < -0.39 is 30.7 Å². The number of halogens is 2. The highest BCUT2D eigenvalue weighted by Gasteiger charge is 2.56. The average Bonchev–Trinajstić information content (AvgIpc) is 1.96. The van der Waals surface area contributed by atoms with E-state index in [-0.39, 0.29) is 0 Å². The Morgan fingerprint density at radius 3 is 1.53 bits per heavy atom. The average molecular weight is 300 g/mol. The second kappa shape index (κ2) is 4.84. The minimum absolute atomic E-state index is 1.03. The Morgan fingerprint density at radius 2 is 1.29 bits per heavy atom. The quantitative estimate of drug-likeness (QED) is 0.571. The molecular formula is C10H27F2NOSi3. The largest absolute Gasteiger partial charge is 0.573 e. The summed E-state index contributed by atoms with van der Waals surface area (Å²) in [6, 6.07) is 0. The van der Waals surface area contributed by atoms with Gasteiger partial charge in [0.1, 0.15) is 8.24 Å². The van der Waals surface area contributed by atoms with E-state index in [9.17, 15) is 8.22 Å². The molecule has 0 aromatic rings. The van der Waals surface area contributed by atoms with Crippen LogP contribution in [-0.4, -0.2) is 37.0 Å². The lowest BCUT2D eigenvalue weighted by molar-refractivity contribution is 0.302. The van der Waals surface area contributed by atoms with Gasteiger partial charge in [0.25, 0.3) is 8.48 Å². The lowest BCUT2D eigenvalue weighted by atomic mass is 10.3. The summed E-state index contributed by atoms with van der Waals surface area (Å²) in [6.07, 6.45) is 0. The molecule has 0 rings (SSSR count). The lowest BCUT2D eigenvalue weighted by Gasteiger charge is -2.44. The van der Waals surface area contributed by atoms with Crippen LogP contribution in [0.1, 0.15) is 20.8 Å². The summed E-state index contributed by atoms with van der Waals surface area (Å²) < 4.78 is 35.7. The molecule has 0 heterocycles. The molecule has 0 aliphatic carbocycles. The van der Waals surface area contributed by atoms with Gasteiger partial charge >= 0.3 is 8.99 Å². The first-order valence-corrected chi connectivity index (χ1v) is 13.9. The molecule has 0 radical (unpaired) electrons. The van der Waals surface area contributed by atoms with Crippen molar-refractivity contribution in [2.75, 3.05) is 7.05 Å². The van der Waals surface area contributed by atoms with Crippen LogP contribution in [0, 0.1) is 0 Å². The molecule has 0 fully saturated rings. The summed E-state index contributed by atoms with van der Waals surface area (Å²) in [5.41, 5.74) is 0. The zero-order valence-electron chi connectivity index (χ0n) is 12.6. The monoisotopic (exact) mass is 299 g/mol. The molecule has 0 unspecified atom stereocenters. The lowest BCUT2D eigenvalue weighted by Crippen LogP contribution is -2.63. The van der Waals surface area contributed by atoms with Gasteiger partial charge in [-0.05, 0) is 20.1 Å². The molecule has 17 heavy (non-hydrogen) atoms. The first kappa shape index (κ1) is 17.4. The van der Waals surface area contributed by atoms with E-state index in [2.05, 4.69) is 23.9 Å². The summed E-state index contributed by atoms with van der Waals surface area (Å²) in [5, 5.41) is -1.03. The third-order valence-electron chi connectivity index (χ3n) is 3.07. The van der Waals surface area contributed by atoms with Gasteiger partial charge in [0, 0.05) is 5.04 Å². The zero-order chi connectivity index (χ0) is 14.3. The van der Waals surface area contributed by atoms with E-state index >= 15 is 0 Å². The van der Waals surface area contributed by atoms with Gasteiger partial charge in [0.05, 0.1) is 0 Å². The number of rotatable bonds is 4. The molecular weight excluding hydrogens is 272 g/mol. The normalized spacial score (nSPS) is 15.5. The van der Waals surface area contributed by atoms with E-state index in [0.717, 1.165) is 0 Å². The van der Waals surface area contributed by atoms with Gasteiger partial charge < -0.3 is 8.35 Å². The van der Waals surface area contributed by atoms with Crippen LogP contribution in [0.15, 0.2) is 0 Å². The Balaban J connectivity index is 5.01. The molecule has 0 saturated heterocycles. The number of hydrogen-bond acceptors (Lipinski definition) is 2. The Bertz CT molecular complexity index is 272. The summed E-state index contributed by atoms with van der Waals surface area (Å²) in [4.78, 5) is 0. The zero-order valence-corrected chi connectivity index (χ0v) is 15.6. The van der Waals surface area contributed by atoms with Crippen LogP contribution in [-0.2, 0) is 4.12 Å². The van der Waals surface area contributed by atoms with Crippen molar-refractivity contribution in [3.8, 4) is 0 Å². The van der Waals surface area contributed by atoms with Gasteiger partial charge in [-0.2, -0.15) is 0 Å². The van der Waals surface area contributed by atoms with Crippen LogP contribution in [0.4, 0.5) is 8.22 Å². The molecule has 0 bridgehead atoms. The molecule has 104 valence electrons. The Hall–Kier alpha value is 0.431. The van der Waals surface area contributed by atoms with Gasteiger partial charge in [0.15, 0.2) is 0 Å². The highest BCUT2D eigenvalue weighted by atomic mass is 28.5. The van der Waals surface area contributed by atoms with E-state index in [1.807, 2.05) is 20.1 Å². The van der Waals surface area contributed by atoms with Crippen LogP contribution in [0.25, 0.3) is 0 Å². The van der Waals surface area contributed by atoms with Crippen molar-refractivity contribution in [1.82, 2.24) is 4.23 Å². The van der Waals surface area contributed by atoms with Crippen LogP contribution in [0.3, 0.4) is 0 Å². The van der Waals surface area contributed by atoms with Crippen LogP contribution >= 0.6 is 0 Å². The molecule has 0 aliphatic heterocycles. The Kier molecular flexibility index (Phi) is 4.96. The standard InChI is InChI=1S/C10H27F2NOSi3/c1-10(2,3)17(11,12)14-16(8,9)13(4)15(5,6)7/h1-9H3. The van der Waals surface area contributed by atoms with Gasteiger partial charge in [-0.15, -0.1) is 0 Å². The molecule has 0 aromatic carbocycles. The van der Waals surface area contributed by atoms with E-state index in [4.69, 9.17) is 4.12 Å². The molecule has 0 N–H and O–H groups in total. The SMILES string of the molecule is CN([Si](C)(C)C)[Si](C)(C)O[Si](F)(F)C(C)(C)C. The first-order chi connectivity index (χ1) is 7.11. The number of nitrogens with zero attached hydrogens (tertiary/aromatic N) is 1. The molecule has 2 nitrogen and oxygen atoms in total. The van der Waals surface area contributed by atoms with Gasteiger partial charge in [-0.3, -0.25) is 0 Å². The van der Waals surface area contributed by atoms with Gasteiger partial charge in [-0.25, -0.2) is 8.22 Å². The highest BCUT2D eigenvalue weighted by Crippen LogP contribution is 2.41. The first-order valence-electron chi connectivity index (χ1n) is 5.93. The topological polar surface area (TPSA) is 12.5 Å². The minimum Gasteiger partial charge on any atom is -0.397 e. The second-order valence-electron chi connectivity index (χ2n) is 7.05. The van der Waals surface area contributed by atoms with Crippen LogP contribution in [0.5, 0.6) is 0 Å². The van der Waals surface area contributed by atoms with Crippen molar-refractivity contribution in [2.45, 2.75) is 58.5 Å². The summed E-state index contributed by atoms with van der Waals surface area (Å²) in [6.45, 7) is 14.9. The minimum atomic E-state index is -4.64. The third-order valence-corrected chi connectivity index (χ3v) is 15.1. The molecule has 0 atom stereocenters. The van der Waals surface area contributed by atoms with Crippen LogP contribution in [0.2, 0.25) is 37.8 Å². The second-order valence-corrected chi connectivity index (χ2v) is 19.4. The molecule has 0 saturated carbocycles. The Labute approximate surface area is 108 Å². The third kappa shape index (κ3) is 4.55. The Morgan fingerprint density at radius 1 is 0.941 bits per heavy atom. The molecule has 0 spiro atoms. The summed E-state index contributed by atoms with van der Waals surface area (Å²) in [5.74, 6) is 0. The van der Waals surface area contributed by atoms with E-state index in [1.165, 1.54) is 0 Å². The maximum atomic E-state index is 14.1. The van der Waals surface area contributed by atoms with Gasteiger partial charge in [-0.1, -0.05) is 40.4 Å².